The van der Waals surface area contributed by atoms with Crippen LogP contribution in [-0.4, -0.2) is 29.0 Å². The molecule has 0 fully saturated rings. The minimum atomic E-state index is -0.346. The molecule has 0 atom stereocenters. The number of nitrogens with one attached hydrogen (secondary N) is 4. The molecular weight excluding hydrogens is 626 g/mol. The van der Waals surface area contributed by atoms with Crippen molar-refractivity contribution in [2.24, 2.45) is 5.92 Å². The van der Waals surface area contributed by atoms with Crippen LogP contribution in [0, 0.1) is 30.4 Å². The average molecular weight is 679 g/mol. The molecule has 8 heteroatoms. The van der Waals surface area contributed by atoms with Crippen molar-refractivity contribution < 1.29 is 8.78 Å². The maximum Gasteiger partial charge on any atom is 0.136 e. The highest BCUT2D eigenvalue weighted by molar-refractivity contribution is 5.89. The SMILES string of the molecule is C#C.C=C/C(=C\C(=C/C)c1ccc(NC)c(Cc2nc3c(-c4cc(F)cc(CNC)c4)nccc3[nH]2)c1F)NC(=C)CC(C)C.C=C=C.CC. The number of rotatable bonds is 13. The smallest absolute Gasteiger partial charge is 0.136 e. The Morgan fingerprint density at radius 3 is 2.34 bits per heavy atom. The normalized spacial score (nSPS) is 10.8. The van der Waals surface area contributed by atoms with Gasteiger partial charge in [0.2, 0.25) is 0 Å². The third kappa shape index (κ3) is 11.9. The van der Waals surface area contributed by atoms with Gasteiger partial charge in [-0.05, 0) is 86.0 Å². The number of allylic oxidation sites excluding steroid dienone is 5. The molecule has 0 unspecified atom stereocenters. The molecule has 4 rings (SSSR count). The first-order valence-corrected chi connectivity index (χ1v) is 16.4. The maximum absolute atomic E-state index is 16.3. The molecule has 0 saturated heterocycles. The lowest BCUT2D eigenvalue weighted by Gasteiger charge is -2.16. The van der Waals surface area contributed by atoms with Gasteiger partial charge < -0.3 is 20.9 Å². The zero-order valence-corrected chi connectivity index (χ0v) is 30.6. The molecule has 0 aliphatic rings. The first-order chi connectivity index (χ1) is 24.1. The van der Waals surface area contributed by atoms with Crippen LogP contribution >= 0.6 is 0 Å². The highest BCUT2D eigenvalue weighted by Crippen LogP contribution is 2.32. The summed E-state index contributed by atoms with van der Waals surface area (Å²) in [7, 11) is 3.58. The van der Waals surface area contributed by atoms with E-state index in [4.69, 9.17) is 4.98 Å². The monoisotopic (exact) mass is 678 g/mol. The van der Waals surface area contributed by atoms with E-state index in [2.05, 4.69) is 84.7 Å². The lowest BCUT2D eigenvalue weighted by Crippen LogP contribution is -2.12. The predicted octanol–water partition coefficient (Wildman–Crippen LogP) is 10.1. The Balaban J connectivity index is 0.00000166. The van der Waals surface area contributed by atoms with Crippen LogP contribution in [0.15, 0.2) is 104 Å². The van der Waals surface area contributed by atoms with E-state index in [0.29, 0.717) is 57.4 Å². The Kier molecular flexibility index (Phi) is 18.9. The molecule has 0 amide bonds. The summed E-state index contributed by atoms with van der Waals surface area (Å²) < 4.78 is 30.8. The Morgan fingerprint density at radius 2 is 1.76 bits per heavy atom. The molecular formula is C42H52F2N6. The van der Waals surface area contributed by atoms with E-state index in [9.17, 15) is 4.39 Å². The quantitative estimate of drug-likeness (QED) is 0.0643. The van der Waals surface area contributed by atoms with E-state index in [1.54, 1.807) is 25.4 Å². The second-order valence-electron chi connectivity index (χ2n) is 11.1. The Bertz CT molecular complexity index is 1840. The van der Waals surface area contributed by atoms with Crippen LogP contribution in [0.2, 0.25) is 0 Å². The summed E-state index contributed by atoms with van der Waals surface area (Å²) in [5.41, 5.74) is 9.50. The number of aromatic nitrogens is 3. The topological polar surface area (TPSA) is 77.7 Å². The van der Waals surface area contributed by atoms with Crippen molar-refractivity contribution in [1.29, 1.82) is 0 Å². The van der Waals surface area contributed by atoms with Crippen molar-refractivity contribution >= 4 is 22.3 Å². The minimum absolute atomic E-state index is 0.205. The van der Waals surface area contributed by atoms with Crippen molar-refractivity contribution in [2.75, 3.05) is 19.4 Å². The standard InChI is InChI=1S/C35H40F2N6.C3H4.C2H6.C2H2/c1-8-24(18-27(9-2)41-22(5)14-21(3)4)28-10-11-30(39-7)29(33(28)37)19-32-42-31-12-13-40-34(35(31)43-32)25-15-23(20-38-6)16-26(36)17-25;1-3-2;2*1-2/h8-13,15-18,21,38-39,41H,2,5,14,19-20H2,1,3-4,6-7H3,(H,42,43);1-2H2;1-2H3;1-2H/b24-8+,27-18+;;;. The molecule has 0 bridgehead atoms. The maximum atomic E-state index is 16.3. The molecule has 2 aromatic carbocycles. The molecule has 4 aromatic rings. The molecule has 2 heterocycles. The molecule has 2 aromatic heterocycles. The van der Waals surface area contributed by atoms with Crippen LogP contribution in [0.5, 0.6) is 0 Å². The number of pyridine rings is 1. The number of hydrogen-bond donors (Lipinski definition) is 4. The molecule has 0 radical (unpaired) electrons. The number of aromatic amines is 1. The van der Waals surface area contributed by atoms with Crippen LogP contribution in [-0.2, 0) is 13.0 Å². The van der Waals surface area contributed by atoms with E-state index in [-0.39, 0.29) is 18.1 Å². The number of anilines is 1. The summed E-state index contributed by atoms with van der Waals surface area (Å²) in [6, 6.07) is 10.3. The van der Waals surface area contributed by atoms with Crippen LogP contribution in [0.1, 0.15) is 63.6 Å². The van der Waals surface area contributed by atoms with Gasteiger partial charge in [0, 0.05) is 60.0 Å². The molecule has 0 saturated carbocycles. The van der Waals surface area contributed by atoms with Crippen LogP contribution < -0.4 is 16.0 Å². The van der Waals surface area contributed by atoms with Crippen molar-refractivity contribution in [2.45, 2.75) is 54.0 Å². The van der Waals surface area contributed by atoms with E-state index < -0.39 is 0 Å². The van der Waals surface area contributed by atoms with Gasteiger partial charge in [-0.3, -0.25) is 4.98 Å². The van der Waals surface area contributed by atoms with Gasteiger partial charge in [-0.25, -0.2) is 13.8 Å². The second-order valence-corrected chi connectivity index (χ2v) is 11.1. The summed E-state index contributed by atoms with van der Waals surface area (Å²) in [6.07, 6.45) is 16.1. The lowest BCUT2D eigenvalue weighted by molar-refractivity contribution is 0.610. The van der Waals surface area contributed by atoms with Crippen LogP contribution in [0.3, 0.4) is 0 Å². The molecule has 0 spiro atoms. The van der Waals surface area contributed by atoms with Gasteiger partial charge in [0.15, 0.2) is 0 Å². The summed E-state index contributed by atoms with van der Waals surface area (Å²) >= 11 is 0. The molecule has 0 aliphatic heterocycles. The van der Waals surface area contributed by atoms with Crippen molar-refractivity contribution in [3.63, 3.8) is 0 Å². The number of halogens is 2. The zero-order chi connectivity index (χ0) is 37.8. The Morgan fingerprint density at radius 1 is 1.08 bits per heavy atom. The lowest BCUT2D eigenvalue weighted by atomic mass is 9.97. The predicted molar refractivity (Wildman–Crippen MR) is 210 cm³/mol. The van der Waals surface area contributed by atoms with Crippen molar-refractivity contribution in [3.05, 3.63) is 138 Å². The van der Waals surface area contributed by atoms with Gasteiger partial charge in [0.25, 0.3) is 0 Å². The second kappa shape index (κ2) is 22.2. The number of terminal acetylenes is 1. The van der Waals surface area contributed by atoms with Gasteiger partial charge >= 0.3 is 0 Å². The fourth-order valence-corrected chi connectivity index (χ4v) is 5.17. The van der Waals surface area contributed by atoms with E-state index >= 15 is 4.39 Å². The van der Waals surface area contributed by atoms with E-state index in [1.807, 2.05) is 58.2 Å². The average Bonchev–Trinajstić information content (AvgIpc) is 3.52. The largest absolute Gasteiger partial charge is 0.388 e. The highest BCUT2D eigenvalue weighted by atomic mass is 19.1. The van der Waals surface area contributed by atoms with E-state index in [0.717, 1.165) is 28.9 Å². The summed E-state index contributed by atoms with van der Waals surface area (Å²) in [5.74, 6) is 0.333. The van der Waals surface area contributed by atoms with Crippen LogP contribution in [0.4, 0.5) is 14.5 Å². The molecule has 0 aliphatic carbocycles. The van der Waals surface area contributed by atoms with Gasteiger partial charge in [0.05, 0.1) is 11.2 Å². The molecule has 50 heavy (non-hydrogen) atoms. The van der Waals surface area contributed by atoms with Crippen molar-refractivity contribution in [3.8, 4) is 24.1 Å². The number of nitrogens with zero attached hydrogens (tertiary/aromatic N) is 2. The molecule has 6 nitrogen and oxygen atoms in total. The van der Waals surface area contributed by atoms with E-state index in [1.165, 1.54) is 12.1 Å². The van der Waals surface area contributed by atoms with Gasteiger partial charge in [0.1, 0.15) is 23.0 Å². The first-order valence-electron chi connectivity index (χ1n) is 16.4. The van der Waals surface area contributed by atoms with Gasteiger partial charge in [-0.15, -0.1) is 18.6 Å². The first kappa shape index (κ1) is 42.5. The molecule has 264 valence electrons. The highest BCUT2D eigenvalue weighted by Gasteiger charge is 2.19. The van der Waals surface area contributed by atoms with Crippen LogP contribution in [0.25, 0.3) is 27.9 Å². The number of benzene rings is 2. The fourth-order valence-electron chi connectivity index (χ4n) is 5.17. The minimum Gasteiger partial charge on any atom is -0.388 e. The van der Waals surface area contributed by atoms with Gasteiger partial charge in [-0.1, -0.05) is 60.1 Å². The summed E-state index contributed by atoms with van der Waals surface area (Å²) in [6.45, 7) is 24.9. The summed E-state index contributed by atoms with van der Waals surface area (Å²) in [5, 5.41) is 9.47. The fraction of sp³-hybridized carbons (Fsp3) is 0.262. The van der Waals surface area contributed by atoms with Gasteiger partial charge in [-0.2, -0.15) is 0 Å². The number of hydrogen-bond acceptors (Lipinski definition) is 5. The third-order valence-electron chi connectivity index (χ3n) is 7.05. The number of H-pyrrole nitrogens is 1. The van der Waals surface area contributed by atoms with Crippen molar-refractivity contribution in [1.82, 2.24) is 25.6 Å². The molecule has 4 N–H and O–H groups in total. The number of fused-ring (bicyclic) bond motifs is 1. The summed E-state index contributed by atoms with van der Waals surface area (Å²) in [4.78, 5) is 12.6. The number of imidazole rings is 1. The Labute approximate surface area is 297 Å². The third-order valence-corrected chi connectivity index (χ3v) is 7.05. The zero-order valence-electron chi connectivity index (χ0n) is 30.6. The Hall–Kier alpha value is -5.48.